The van der Waals surface area contributed by atoms with E-state index in [2.05, 4.69) is 11.0 Å². The van der Waals surface area contributed by atoms with Crippen molar-refractivity contribution in [3.05, 3.63) is 59.7 Å². The Morgan fingerprint density at radius 2 is 1.38 bits per heavy atom. The maximum absolute atomic E-state index is 12.8. The molecule has 0 atom stereocenters. The lowest BCUT2D eigenvalue weighted by Crippen LogP contribution is -2.32. The van der Waals surface area contributed by atoms with Crippen molar-refractivity contribution in [2.45, 2.75) is 23.7 Å². The predicted molar refractivity (Wildman–Crippen MR) is 93.2 cm³/mol. The van der Waals surface area contributed by atoms with Gasteiger partial charge in [-0.1, -0.05) is 31.6 Å². The lowest BCUT2D eigenvalue weighted by molar-refractivity contribution is 0.364. The molecule has 0 spiro atoms. The van der Waals surface area contributed by atoms with E-state index in [1.54, 1.807) is 12.1 Å². The van der Waals surface area contributed by atoms with Crippen molar-refractivity contribution < 1.29 is 19.4 Å². The van der Waals surface area contributed by atoms with Gasteiger partial charge >= 0.3 is 10.2 Å². The molecular formula is C18H17F5N2S. The molecule has 2 aromatic rings. The van der Waals surface area contributed by atoms with Crippen molar-refractivity contribution in [3.8, 4) is 6.07 Å². The van der Waals surface area contributed by atoms with Crippen molar-refractivity contribution in [2.24, 2.45) is 0 Å². The molecule has 1 aliphatic rings. The van der Waals surface area contributed by atoms with Gasteiger partial charge in [0.1, 0.15) is 4.90 Å². The lowest BCUT2D eigenvalue weighted by Gasteiger charge is -2.40. The summed E-state index contributed by atoms with van der Waals surface area (Å²) in [6, 6.07) is 12.6. The van der Waals surface area contributed by atoms with Crippen LogP contribution in [0.5, 0.6) is 0 Å². The minimum atomic E-state index is -9.61. The van der Waals surface area contributed by atoms with Crippen LogP contribution in [0, 0.1) is 11.3 Å². The molecule has 1 fully saturated rings. The fourth-order valence-corrected chi connectivity index (χ4v) is 3.87. The molecule has 0 bridgehead atoms. The standard InChI is InChI=1S/C18H17F5N2S/c19-26(20,21,22,23)18-7-3-15(4-8-18)16-9-11-25(12-10-16)17-5-1-14(13-24)2-6-17/h1-8,16H,9-12H2. The largest absolute Gasteiger partial charge is 0.371 e. The predicted octanol–water partition coefficient (Wildman–Crippen LogP) is 6.60. The number of nitrogens with zero attached hydrogens (tertiary/aromatic N) is 2. The van der Waals surface area contributed by atoms with Gasteiger partial charge in [-0.3, -0.25) is 0 Å². The van der Waals surface area contributed by atoms with Crippen LogP contribution in [-0.4, -0.2) is 13.1 Å². The molecule has 3 rings (SSSR count). The van der Waals surface area contributed by atoms with Crippen LogP contribution in [0.1, 0.15) is 29.9 Å². The molecule has 2 aromatic carbocycles. The minimum absolute atomic E-state index is 0.0391. The highest BCUT2D eigenvalue weighted by Crippen LogP contribution is 3.02. The van der Waals surface area contributed by atoms with Crippen LogP contribution in [0.25, 0.3) is 0 Å². The fourth-order valence-electron chi connectivity index (χ4n) is 3.21. The molecule has 8 heteroatoms. The number of hydrogen-bond acceptors (Lipinski definition) is 2. The Morgan fingerprint density at radius 1 is 0.846 bits per heavy atom. The molecular weight excluding hydrogens is 371 g/mol. The van der Waals surface area contributed by atoms with Crippen LogP contribution in [0.15, 0.2) is 53.4 Å². The Labute approximate surface area is 148 Å². The second-order valence-electron chi connectivity index (χ2n) is 6.46. The van der Waals surface area contributed by atoms with E-state index in [0.717, 1.165) is 30.7 Å². The van der Waals surface area contributed by atoms with Crippen LogP contribution < -0.4 is 4.90 Å². The third-order valence-corrected chi connectivity index (χ3v) is 5.82. The number of rotatable bonds is 3. The highest BCUT2D eigenvalue weighted by molar-refractivity contribution is 8.45. The topological polar surface area (TPSA) is 27.0 Å². The number of anilines is 1. The molecule has 1 heterocycles. The Hall–Kier alpha value is -2.27. The molecule has 0 N–H and O–H groups in total. The van der Waals surface area contributed by atoms with Gasteiger partial charge in [0.05, 0.1) is 11.6 Å². The molecule has 0 radical (unpaired) electrons. The van der Waals surface area contributed by atoms with E-state index >= 15 is 0 Å². The van der Waals surface area contributed by atoms with Crippen LogP contribution in [-0.2, 0) is 0 Å². The van der Waals surface area contributed by atoms with Gasteiger partial charge in [0.25, 0.3) is 0 Å². The molecule has 1 saturated heterocycles. The second-order valence-corrected chi connectivity index (χ2v) is 8.87. The van der Waals surface area contributed by atoms with E-state index in [9.17, 15) is 19.4 Å². The van der Waals surface area contributed by atoms with Gasteiger partial charge in [-0.05, 0) is 60.7 Å². The zero-order chi connectivity index (χ0) is 19.1. The highest BCUT2D eigenvalue weighted by atomic mass is 32.5. The summed E-state index contributed by atoms with van der Waals surface area (Å²) >= 11 is 0. The monoisotopic (exact) mass is 388 g/mol. The number of halogens is 5. The van der Waals surface area contributed by atoms with E-state index in [0.29, 0.717) is 36.3 Å². The van der Waals surface area contributed by atoms with Crippen LogP contribution >= 0.6 is 10.2 Å². The first-order valence-corrected chi connectivity index (χ1v) is 10.0. The van der Waals surface area contributed by atoms with Gasteiger partial charge in [0.15, 0.2) is 0 Å². The smallest absolute Gasteiger partial charge is 0.310 e. The zero-order valence-corrected chi connectivity index (χ0v) is 14.5. The summed E-state index contributed by atoms with van der Waals surface area (Å²) in [5.74, 6) is 0.0391. The lowest BCUT2D eigenvalue weighted by atomic mass is 9.89. The molecule has 2 nitrogen and oxygen atoms in total. The third kappa shape index (κ3) is 4.10. The maximum Gasteiger partial charge on any atom is 0.310 e. The molecule has 0 unspecified atom stereocenters. The minimum Gasteiger partial charge on any atom is -0.371 e. The number of nitriles is 1. The van der Waals surface area contributed by atoms with Gasteiger partial charge in [-0.15, -0.1) is 0 Å². The van der Waals surface area contributed by atoms with Gasteiger partial charge in [0.2, 0.25) is 0 Å². The molecule has 140 valence electrons. The first kappa shape index (κ1) is 18.5. The molecule has 0 aromatic heterocycles. The van der Waals surface area contributed by atoms with E-state index in [4.69, 9.17) is 5.26 Å². The highest BCUT2D eigenvalue weighted by Gasteiger charge is 2.65. The normalized spacial score (nSPS) is 18.7. The van der Waals surface area contributed by atoms with Crippen molar-refractivity contribution in [1.29, 1.82) is 5.26 Å². The molecule has 26 heavy (non-hydrogen) atoms. The van der Waals surface area contributed by atoms with Crippen LogP contribution in [0.3, 0.4) is 0 Å². The molecule has 0 saturated carbocycles. The average Bonchev–Trinajstić information content (AvgIpc) is 2.60. The summed E-state index contributed by atoms with van der Waals surface area (Å²) in [6.45, 7) is 1.42. The molecule has 0 amide bonds. The van der Waals surface area contributed by atoms with Gasteiger partial charge in [-0.2, -0.15) is 5.26 Å². The SMILES string of the molecule is N#Cc1ccc(N2CCC(c3ccc(S(F)(F)(F)(F)F)cc3)CC2)cc1. The van der Waals surface area contributed by atoms with E-state index in [1.165, 1.54) is 0 Å². The number of hydrogen-bond donors (Lipinski definition) is 0. The van der Waals surface area contributed by atoms with Gasteiger partial charge < -0.3 is 4.90 Å². The van der Waals surface area contributed by atoms with Gasteiger partial charge in [-0.25, -0.2) is 0 Å². The first-order chi connectivity index (χ1) is 12.0. The van der Waals surface area contributed by atoms with E-state index in [1.807, 2.05) is 12.1 Å². The van der Waals surface area contributed by atoms with Gasteiger partial charge in [0, 0.05) is 18.8 Å². The van der Waals surface area contributed by atoms with Crippen LogP contribution in [0.2, 0.25) is 0 Å². The Kier molecular flexibility index (Phi) is 4.00. The fraction of sp³-hybridized carbons (Fsp3) is 0.278. The van der Waals surface area contributed by atoms with E-state index in [-0.39, 0.29) is 5.92 Å². The average molecular weight is 388 g/mol. The molecule has 0 aliphatic carbocycles. The molecule has 1 aliphatic heterocycles. The number of benzene rings is 2. The van der Waals surface area contributed by atoms with Crippen molar-refractivity contribution in [1.82, 2.24) is 0 Å². The summed E-state index contributed by atoms with van der Waals surface area (Å²) in [7, 11) is -9.61. The van der Waals surface area contributed by atoms with Crippen molar-refractivity contribution >= 4 is 15.9 Å². The Bertz CT molecular complexity index is 831. The third-order valence-electron chi connectivity index (χ3n) is 4.65. The Morgan fingerprint density at radius 3 is 1.85 bits per heavy atom. The Balaban J connectivity index is 1.67. The zero-order valence-electron chi connectivity index (χ0n) is 13.7. The second kappa shape index (κ2) is 5.61. The summed E-state index contributed by atoms with van der Waals surface area (Å²) in [5, 5.41) is 8.82. The number of piperidine rings is 1. The summed E-state index contributed by atoms with van der Waals surface area (Å²) in [6.07, 6.45) is 1.44. The van der Waals surface area contributed by atoms with Crippen LogP contribution in [0.4, 0.5) is 25.1 Å². The van der Waals surface area contributed by atoms with Crippen molar-refractivity contribution in [2.75, 3.05) is 18.0 Å². The van der Waals surface area contributed by atoms with E-state index < -0.39 is 15.1 Å². The first-order valence-electron chi connectivity index (χ1n) is 8.05. The summed E-state index contributed by atoms with van der Waals surface area (Å²) in [5.41, 5.74) is 2.21. The summed E-state index contributed by atoms with van der Waals surface area (Å²) < 4.78 is 63.9. The summed E-state index contributed by atoms with van der Waals surface area (Å²) in [4.78, 5) is 0.296. The quantitative estimate of drug-likeness (QED) is 0.554. The maximum atomic E-state index is 12.8. The van der Waals surface area contributed by atoms with Crippen molar-refractivity contribution in [3.63, 3.8) is 0 Å².